The Morgan fingerprint density at radius 3 is 2.31 bits per heavy atom. The van der Waals surface area contributed by atoms with Crippen LogP contribution in [0.25, 0.3) is 10.8 Å². The van der Waals surface area contributed by atoms with Crippen LogP contribution in [0, 0.1) is 0 Å². The van der Waals surface area contributed by atoms with Crippen LogP contribution in [0.4, 0.5) is 5.69 Å². The van der Waals surface area contributed by atoms with E-state index in [2.05, 4.69) is 16.0 Å². The van der Waals surface area contributed by atoms with Crippen LogP contribution in [-0.4, -0.2) is 79.8 Å². The number of hydrogen-bond acceptors (Lipinski definition) is 10. The number of esters is 2. The lowest BCUT2D eigenvalue weighted by molar-refractivity contribution is -0.155. The van der Waals surface area contributed by atoms with E-state index >= 15 is 0 Å². The number of para-hydroxylation sites is 2. The molecule has 0 saturated carbocycles. The van der Waals surface area contributed by atoms with Gasteiger partial charge < -0.3 is 34.5 Å². The minimum Gasteiger partial charge on any atom is -0.496 e. The maximum Gasteiger partial charge on any atom is 0.320 e. The molecule has 51 heavy (non-hydrogen) atoms. The SMILES string of the molecule is COc1ccc2cc(C(=O)NCCC(=O)OC(C)(C)C)ccc2c1CN1C(=O)[C@@H](NC(=O)[C@H](C)NCC(=O)OC(C)(C)C)COc2ccccc21. The first-order valence-electron chi connectivity index (χ1n) is 16.8. The molecule has 0 fully saturated rings. The Kier molecular flexibility index (Phi) is 12.3. The second-order valence-electron chi connectivity index (χ2n) is 14.2. The van der Waals surface area contributed by atoms with Crippen molar-refractivity contribution in [2.45, 2.75) is 84.7 Å². The van der Waals surface area contributed by atoms with Gasteiger partial charge in [-0.2, -0.15) is 0 Å². The van der Waals surface area contributed by atoms with Crippen molar-refractivity contribution in [1.29, 1.82) is 0 Å². The number of nitrogens with zero attached hydrogens (tertiary/aromatic N) is 1. The van der Waals surface area contributed by atoms with E-state index in [1.54, 1.807) is 102 Å². The summed E-state index contributed by atoms with van der Waals surface area (Å²) in [6, 6.07) is 14.0. The highest BCUT2D eigenvalue weighted by molar-refractivity contribution is 6.03. The van der Waals surface area contributed by atoms with Crippen molar-refractivity contribution in [1.82, 2.24) is 16.0 Å². The molecule has 1 aliphatic rings. The number of carbonyl (C=O) groups excluding carboxylic acids is 5. The fraction of sp³-hybridized carbons (Fsp3) is 0.447. The van der Waals surface area contributed by atoms with Gasteiger partial charge in [0.15, 0.2) is 0 Å². The fourth-order valence-electron chi connectivity index (χ4n) is 5.42. The average molecular weight is 705 g/mol. The summed E-state index contributed by atoms with van der Waals surface area (Å²) in [7, 11) is 1.53. The van der Waals surface area contributed by atoms with E-state index in [9.17, 15) is 24.0 Å². The molecule has 0 aromatic heterocycles. The molecular weight excluding hydrogens is 656 g/mol. The van der Waals surface area contributed by atoms with Gasteiger partial charge >= 0.3 is 11.9 Å². The molecule has 0 spiro atoms. The van der Waals surface area contributed by atoms with Crippen molar-refractivity contribution >= 4 is 46.1 Å². The molecule has 13 nitrogen and oxygen atoms in total. The van der Waals surface area contributed by atoms with Crippen LogP contribution in [0.2, 0.25) is 0 Å². The van der Waals surface area contributed by atoms with Crippen LogP contribution in [0.1, 0.15) is 70.8 Å². The highest BCUT2D eigenvalue weighted by atomic mass is 16.6. The van der Waals surface area contributed by atoms with Gasteiger partial charge in [-0.15, -0.1) is 0 Å². The van der Waals surface area contributed by atoms with E-state index in [0.29, 0.717) is 28.3 Å². The Hall–Kier alpha value is -5.17. The lowest BCUT2D eigenvalue weighted by Crippen LogP contribution is -2.54. The number of amides is 3. The van der Waals surface area contributed by atoms with Gasteiger partial charge in [0, 0.05) is 17.7 Å². The van der Waals surface area contributed by atoms with Gasteiger partial charge in [-0.25, -0.2) is 0 Å². The van der Waals surface area contributed by atoms with Gasteiger partial charge in [0.25, 0.3) is 11.8 Å². The van der Waals surface area contributed by atoms with E-state index in [0.717, 1.165) is 10.8 Å². The van der Waals surface area contributed by atoms with Crippen molar-refractivity contribution in [3.8, 4) is 11.5 Å². The largest absolute Gasteiger partial charge is 0.496 e. The number of benzene rings is 3. The number of anilines is 1. The Labute approximate surface area is 298 Å². The highest BCUT2D eigenvalue weighted by Gasteiger charge is 2.34. The minimum atomic E-state index is -1.05. The van der Waals surface area contributed by atoms with Crippen molar-refractivity contribution in [3.05, 3.63) is 65.7 Å². The Balaban J connectivity index is 1.54. The Morgan fingerprint density at radius 1 is 0.941 bits per heavy atom. The standard InChI is InChI=1S/C38H48N4O9/c1-23(40-20-33(44)51-38(5,6)7)34(45)41-28-22-49-31-12-10-9-11-29(31)42(36(28)47)21-27-26-15-13-25(19-24(26)14-16-30(27)48-8)35(46)39-18-17-32(43)50-37(2,3)4/h9-16,19,23,28,40H,17-18,20-22H2,1-8H3,(H,39,46)(H,41,45)/t23-,28-/m0/s1. The van der Waals surface area contributed by atoms with Crippen LogP contribution < -0.4 is 30.3 Å². The summed E-state index contributed by atoms with van der Waals surface area (Å²) in [6.07, 6.45) is 0.0376. The molecule has 1 aliphatic heterocycles. The smallest absolute Gasteiger partial charge is 0.320 e. The van der Waals surface area contributed by atoms with Gasteiger partial charge in [-0.05, 0) is 89.6 Å². The molecule has 3 amide bonds. The first-order valence-corrected chi connectivity index (χ1v) is 16.8. The van der Waals surface area contributed by atoms with Crippen LogP contribution in [0.15, 0.2) is 54.6 Å². The van der Waals surface area contributed by atoms with Gasteiger partial charge in [0.2, 0.25) is 5.91 Å². The molecular formula is C38H48N4O9. The van der Waals surface area contributed by atoms with Gasteiger partial charge in [-0.1, -0.05) is 24.3 Å². The molecule has 0 radical (unpaired) electrons. The second kappa shape index (κ2) is 16.2. The van der Waals surface area contributed by atoms with Crippen molar-refractivity contribution in [2.24, 2.45) is 0 Å². The molecule has 0 unspecified atom stereocenters. The zero-order valence-electron chi connectivity index (χ0n) is 30.5. The molecule has 0 aliphatic carbocycles. The van der Waals surface area contributed by atoms with Crippen molar-refractivity contribution < 1.29 is 42.9 Å². The topological polar surface area (TPSA) is 162 Å². The number of nitrogens with one attached hydrogen (secondary N) is 3. The molecule has 0 bridgehead atoms. The van der Waals surface area contributed by atoms with E-state index in [1.807, 2.05) is 6.07 Å². The van der Waals surface area contributed by atoms with Gasteiger partial charge in [0.1, 0.15) is 35.3 Å². The third-order valence-electron chi connectivity index (χ3n) is 7.73. The highest BCUT2D eigenvalue weighted by Crippen LogP contribution is 2.36. The molecule has 3 aromatic carbocycles. The molecule has 4 rings (SSSR count). The summed E-state index contributed by atoms with van der Waals surface area (Å²) >= 11 is 0. The van der Waals surface area contributed by atoms with Gasteiger partial charge in [0.05, 0.1) is 38.3 Å². The minimum absolute atomic E-state index is 0.0376. The number of methoxy groups -OCH3 is 1. The van der Waals surface area contributed by atoms with Crippen LogP contribution in [0.5, 0.6) is 11.5 Å². The third-order valence-corrected chi connectivity index (χ3v) is 7.73. The zero-order valence-corrected chi connectivity index (χ0v) is 30.5. The summed E-state index contributed by atoms with van der Waals surface area (Å²) in [6.45, 7) is 12.1. The number of ether oxygens (including phenoxy) is 4. The van der Waals surface area contributed by atoms with E-state index in [4.69, 9.17) is 18.9 Å². The first-order chi connectivity index (χ1) is 24.0. The predicted octanol–water partition coefficient (Wildman–Crippen LogP) is 4.04. The predicted molar refractivity (Wildman–Crippen MR) is 192 cm³/mol. The second-order valence-corrected chi connectivity index (χ2v) is 14.2. The first kappa shape index (κ1) is 38.6. The normalized spacial score (nSPS) is 15.2. The van der Waals surface area contributed by atoms with Gasteiger partial charge in [-0.3, -0.25) is 29.3 Å². The number of carbonyl (C=O) groups is 5. The Morgan fingerprint density at radius 2 is 1.63 bits per heavy atom. The Bertz CT molecular complexity index is 1780. The summed E-state index contributed by atoms with van der Waals surface area (Å²) in [5, 5.41) is 9.86. The van der Waals surface area contributed by atoms with Crippen molar-refractivity contribution in [3.63, 3.8) is 0 Å². The zero-order chi connectivity index (χ0) is 37.5. The fourth-order valence-corrected chi connectivity index (χ4v) is 5.42. The maximum absolute atomic E-state index is 14.2. The molecule has 2 atom stereocenters. The van der Waals surface area contributed by atoms with Crippen LogP contribution in [0.3, 0.4) is 0 Å². The summed E-state index contributed by atoms with van der Waals surface area (Å²) < 4.78 is 22.4. The van der Waals surface area contributed by atoms with Crippen molar-refractivity contribution in [2.75, 3.05) is 31.7 Å². The lowest BCUT2D eigenvalue weighted by atomic mass is 9.99. The third kappa shape index (κ3) is 10.7. The maximum atomic E-state index is 14.2. The summed E-state index contributed by atoms with van der Waals surface area (Å²) in [4.78, 5) is 66.2. The summed E-state index contributed by atoms with van der Waals surface area (Å²) in [5.74, 6) is -1.18. The summed E-state index contributed by atoms with van der Waals surface area (Å²) in [5.41, 5.74) is 0.302. The molecule has 13 heteroatoms. The lowest BCUT2D eigenvalue weighted by Gasteiger charge is -2.27. The van der Waals surface area contributed by atoms with Crippen LogP contribution >= 0.6 is 0 Å². The average Bonchev–Trinajstić information content (AvgIpc) is 3.17. The monoisotopic (exact) mass is 704 g/mol. The number of hydrogen-bond donors (Lipinski definition) is 3. The van der Waals surface area contributed by atoms with E-state index in [1.165, 1.54) is 7.11 Å². The molecule has 274 valence electrons. The van der Waals surface area contributed by atoms with E-state index in [-0.39, 0.29) is 38.6 Å². The quantitative estimate of drug-likeness (QED) is 0.235. The van der Waals surface area contributed by atoms with E-state index < -0.39 is 47.0 Å². The molecule has 1 heterocycles. The number of rotatable bonds is 12. The molecule has 3 N–H and O–H groups in total. The van der Waals surface area contributed by atoms with Crippen LogP contribution in [-0.2, 0) is 35.2 Å². The molecule has 0 saturated heterocycles. The molecule has 3 aromatic rings. The number of fused-ring (bicyclic) bond motifs is 2.